The van der Waals surface area contributed by atoms with E-state index < -0.39 is 10.0 Å². The fraction of sp³-hybridized carbons (Fsp3) is 0.158. The number of hydrogen-bond acceptors (Lipinski definition) is 6. The maximum Gasteiger partial charge on any atom is 0.244 e. The van der Waals surface area contributed by atoms with E-state index in [1.54, 1.807) is 34.8 Å². The Kier molecular flexibility index (Phi) is 5.31. The third-order valence-corrected chi connectivity index (χ3v) is 6.63. The Hall–Kier alpha value is -2.82. The second-order valence-electron chi connectivity index (χ2n) is 6.17. The lowest BCUT2D eigenvalue weighted by molar-refractivity contribution is 0.402. The molecule has 0 saturated carbocycles. The van der Waals surface area contributed by atoms with Gasteiger partial charge in [0.15, 0.2) is 5.82 Å². The van der Waals surface area contributed by atoms with E-state index in [2.05, 4.69) is 14.8 Å². The van der Waals surface area contributed by atoms with E-state index in [0.29, 0.717) is 22.8 Å². The summed E-state index contributed by atoms with van der Waals surface area (Å²) in [6.07, 6.45) is 0.417. The molecule has 0 aliphatic rings. The molecule has 10 heteroatoms. The zero-order valence-corrected chi connectivity index (χ0v) is 17.0. The second-order valence-corrected chi connectivity index (χ2v) is 8.74. The molecule has 0 unspecified atom stereocenters. The monoisotopic (exact) mass is 432 g/mol. The van der Waals surface area contributed by atoms with E-state index in [1.165, 1.54) is 36.6 Å². The molecule has 1 N–H and O–H groups in total. The number of fused-ring (bicyclic) bond motifs is 1. The van der Waals surface area contributed by atoms with Crippen molar-refractivity contribution in [1.29, 1.82) is 0 Å². The first kappa shape index (κ1) is 19.5. The summed E-state index contributed by atoms with van der Waals surface area (Å²) in [4.78, 5) is 5.17. The fourth-order valence-corrected chi connectivity index (χ4v) is 4.93. The van der Waals surface area contributed by atoms with E-state index in [4.69, 9.17) is 4.74 Å². The first-order valence-corrected chi connectivity index (χ1v) is 11.1. The number of thiazole rings is 1. The van der Waals surface area contributed by atoms with Crippen molar-refractivity contribution in [3.8, 4) is 17.1 Å². The number of ether oxygens (including phenoxy) is 1. The molecule has 0 amide bonds. The standard InChI is InChI=1S/C19H17FN4O3S2/c1-27-16-7-2-3-8-17(16)29(25,26)21-10-9-15-12-28-19-22-18(23-24(15)19)13-5-4-6-14(20)11-13/h2-8,11-12,21H,9-10H2,1H3. The van der Waals surface area contributed by atoms with Crippen molar-refractivity contribution >= 4 is 26.3 Å². The minimum atomic E-state index is -3.71. The highest BCUT2D eigenvalue weighted by Gasteiger charge is 2.19. The SMILES string of the molecule is COc1ccccc1S(=O)(=O)NCCc1csc2nc(-c3cccc(F)c3)nn12. The lowest BCUT2D eigenvalue weighted by Crippen LogP contribution is -2.26. The van der Waals surface area contributed by atoms with E-state index in [-0.39, 0.29) is 23.0 Å². The van der Waals surface area contributed by atoms with Gasteiger partial charge in [0.1, 0.15) is 16.5 Å². The molecule has 0 fully saturated rings. The van der Waals surface area contributed by atoms with Crippen molar-refractivity contribution in [2.75, 3.05) is 13.7 Å². The van der Waals surface area contributed by atoms with Crippen LogP contribution in [-0.2, 0) is 16.4 Å². The van der Waals surface area contributed by atoms with Crippen LogP contribution in [0, 0.1) is 5.82 Å². The van der Waals surface area contributed by atoms with Gasteiger partial charge in [-0.3, -0.25) is 0 Å². The predicted molar refractivity (Wildman–Crippen MR) is 108 cm³/mol. The third-order valence-electron chi connectivity index (χ3n) is 4.26. The Morgan fingerprint density at radius 1 is 1.21 bits per heavy atom. The Morgan fingerprint density at radius 2 is 2.03 bits per heavy atom. The molecule has 29 heavy (non-hydrogen) atoms. The van der Waals surface area contributed by atoms with Gasteiger partial charge in [-0.25, -0.2) is 22.0 Å². The fourth-order valence-electron chi connectivity index (χ4n) is 2.88. The summed E-state index contributed by atoms with van der Waals surface area (Å²) >= 11 is 1.39. The van der Waals surface area contributed by atoms with Crippen molar-refractivity contribution in [3.63, 3.8) is 0 Å². The summed E-state index contributed by atoms with van der Waals surface area (Å²) in [5, 5.41) is 6.31. The zero-order chi connectivity index (χ0) is 20.4. The summed E-state index contributed by atoms with van der Waals surface area (Å²) < 4.78 is 48.0. The number of methoxy groups -OCH3 is 1. The van der Waals surface area contributed by atoms with E-state index in [1.807, 2.05) is 5.38 Å². The number of para-hydroxylation sites is 1. The van der Waals surface area contributed by atoms with Crippen LogP contribution in [0.15, 0.2) is 58.8 Å². The first-order chi connectivity index (χ1) is 14.0. The molecule has 2 aromatic heterocycles. The molecule has 4 aromatic rings. The maximum atomic E-state index is 13.5. The summed E-state index contributed by atoms with van der Waals surface area (Å²) in [6, 6.07) is 12.5. The van der Waals surface area contributed by atoms with E-state index in [9.17, 15) is 12.8 Å². The summed E-state index contributed by atoms with van der Waals surface area (Å²) in [5.41, 5.74) is 1.40. The summed E-state index contributed by atoms with van der Waals surface area (Å²) in [7, 11) is -2.28. The maximum absolute atomic E-state index is 13.5. The predicted octanol–water partition coefficient (Wildman–Crippen LogP) is 3.13. The highest BCUT2D eigenvalue weighted by molar-refractivity contribution is 7.89. The van der Waals surface area contributed by atoms with Crippen molar-refractivity contribution in [2.45, 2.75) is 11.3 Å². The Bertz CT molecular complexity index is 1270. The molecule has 7 nitrogen and oxygen atoms in total. The van der Waals surface area contributed by atoms with Gasteiger partial charge in [-0.1, -0.05) is 24.3 Å². The number of rotatable bonds is 7. The average Bonchev–Trinajstić information content (AvgIpc) is 3.30. The molecule has 0 aliphatic heterocycles. The lowest BCUT2D eigenvalue weighted by atomic mass is 10.2. The molecule has 0 aliphatic carbocycles. The molecular formula is C19H17FN4O3S2. The molecule has 2 heterocycles. The van der Waals surface area contributed by atoms with Gasteiger partial charge in [0, 0.05) is 23.9 Å². The number of aromatic nitrogens is 3. The average molecular weight is 433 g/mol. The molecule has 0 atom stereocenters. The van der Waals surface area contributed by atoms with Crippen molar-refractivity contribution < 1.29 is 17.5 Å². The molecule has 2 aromatic carbocycles. The second kappa shape index (κ2) is 7.90. The minimum Gasteiger partial charge on any atom is -0.495 e. The molecule has 0 bridgehead atoms. The number of nitrogens with zero attached hydrogens (tertiary/aromatic N) is 3. The quantitative estimate of drug-likeness (QED) is 0.485. The zero-order valence-electron chi connectivity index (χ0n) is 15.4. The lowest BCUT2D eigenvalue weighted by Gasteiger charge is -2.10. The minimum absolute atomic E-state index is 0.0899. The van der Waals surface area contributed by atoms with Crippen molar-refractivity contribution in [3.05, 3.63) is 65.4 Å². The molecule has 0 radical (unpaired) electrons. The van der Waals surface area contributed by atoms with Gasteiger partial charge in [0.05, 0.1) is 12.8 Å². The van der Waals surface area contributed by atoms with Crippen LogP contribution in [0.25, 0.3) is 16.3 Å². The van der Waals surface area contributed by atoms with Crippen LogP contribution in [-0.4, -0.2) is 36.7 Å². The highest BCUT2D eigenvalue weighted by Crippen LogP contribution is 2.23. The van der Waals surface area contributed by atoms with Gasteiger partial charge in [0.2, 0.25) is 15.0 Å². The molecule has 4 rings (SSSR count). The summed E-state index contributed by atoms with van der Waals surface area (Å²) in [6.45, 7) is 0.182. The first-order valence-electron chi connectivity index (χ1n) is 8.70. The van der Waals surface area contributed by atoms with Crippen molar-refractivity contribution in [2.24, 2.45) is 0 Å². The topological polar surface area (TPSA) is 85.6 Å². The van der Waals surface area contributed by atoms with Crippen LogP contribution in [0.3, 0.4) is 0 Å². The van der Waals surface area contributed by atoms with E-state index in [0.717, 1.165) is 5.69 Å². The molecule has 0 spiro atoms. The van der Waals surface area contributed by atoms with Crippen LogP contribution in [0.2, 0.25) is 0 Å². The van der Waals surface area contributed by atoms with Crippen LogP contribution < -0.4 is 9.46 Å². The van der Waals surface area contributed by atoms with Gasteiger partial charge < -0.3 is 4.74 Å². The van der Waals surface area contributed by atoms with Crippen LogP contribution in [0.5, 0.6) is 5.75 Å². The van der Waals surface area contributed by atoms with Crippen LogP contribution >= 0.6 is 11.3 Å². The molecular weight excluding hydrogens is 415 g/mol. The summed E-state index contributed by atoms with van der Waals surface area (Å²) in [5.74, 6) is 0.354. The van der Waals surface area contributed by atoms with Crippen LogP contribution in [0.1, 0.15) is 5.69 Å². The smallest absolute Gasteiger partial charge is 0.244 e. The number of hydrogen-bond donors (Lipinski definition) is 1. The van der Waals surface area contributed by atoms with Crippen molar-refractivity contribution in [1.82, 2.24) is 19.3 Å². The number of benzene rings is 2. The molecule has 0 saturated heterocycles. The van der Waals surface area contributed by atoms with Gasteiger partial charge >= 0.3 is 0 Å². The number of halogens is 1. The highest BCUT2D eigenvalue weighted by atomic mass is 32.2. The van der Waals surface area contributed by atoms with E-state index >= 15 is 0 Å². The number of sulfonamides is 1. The Morgan fingerprint density at radius 3 is 2.83 bits per heavy atom. The third kappa shape index (κ3) is 4.00. The Labute approximate surface area is 170 Å². The Balaban J connectivity index is 1.50. The van der Waals surface area contributed by atoms with Gasteiger partial charge in [-0.15, -0.1) is 16.4 Å². The van der Waals surface area contributed by atoms with Crippen LogP contribution in [0.4, 0.5) is 4.39 Å². The molecule has 150 valence electrons. The van der Waals surface area contributed by atoms with Gasteiger partial charge in [-0.05, 0) is 24.3 Å². The van der Waals surface area contributed by atoms with Gasteiger partial charge in [-0.2, -0.15) is 4.98 Å². The number of nitrogens with one attached hydrogen (secondary N) is 1. The normalized spacial score (nSPS) is 11.8. The van der Waals surface area contributed by atoms with Gasteiger partial charge in [0.25, 0.3) is 0 Å². The largest absolute Gasteiger partial charge is 0.495 e.